The van der Waals surface area contributed by atoms with Crippen LogP contribution in [0.1, 0.15) is 24.0 Å². The molecule has 2 aromatic carbocycles. The Bertz CT molecular complexity index is 1280. The topological polar surface area (TPSA) is 24.7 Å². The fourth-order valence-electron chi connectivity index (χ4n) is 12.7. The Morgan fingerprint density at radius 3 is 1.47 bits per heavy atom. The number of nitrogens with zero attached hydrogens (tertiary/aromatic N) is 2. The fourth-order valence-corrected chi connectivity index (χ4v) is 12.7. The third-order valence-electron chi connectivity index (χ3n) is 12.1. The van der Waals surface area contributed by atoms with Crippen molar-refractivity contribution in [1.29, 1.82) is 0 Å². The van der Waals surface area contributed by atoms with Crippen molar-refractivity contribution in [2.45, 2.75) is 12.8 Å². The second kappa shape index (κ2) is 4.38. The highest BCUT2D eigenvalue weighted by molar-refractivity contribution is 6.20. The molecule has 2 aromatic rings. The first-order valence-electron chi connectivity index (χ1n) is 12.5. The van der Waals surface area contributed by atoms with Crippen LogP contribution in [0.25, 0.3) is 0 Å². The standard InChI is InChI=1S/C30H24N2/c1-3-9-17(10-4-1)25-29-21-16-22-24-20-15-19(23(21)24)27(29)13-7-8-14-28(20,27)30(22,29)26(32-31-25)18-11-5-2-6-12-18/h1-14,19-24H,15-16H2. The van der Waals surface area contributed by atoms with E-state index in [-0.39, 0.29) is 21.7 Å². The predicted molar refractivity (Wildman–Crippen MR) is 124 cm³/mol. The lowest BCUT2D eigenvalue weighted by Gasteiger charge is -2.78. The monoisotopic (exact) mass is 412 g/mol. The minimum absolute atomic E-state index is 0.122. The first kappa shape index (κ1) is 16.0. The van der Waals surface area contributed by atoms with E-state index in [2.05, 4.69) is 85.0 Å². The molecule has 0 radical (unpaired) electrons. The molecule has 2 nitrogen and oxygen atoms in total. The highest BCUT2D eigenvalue weighted by Gasteiger charge is 3.09. The third-order valence-corrected chi connectivity index (χ3v) is 12.1. The average Bonchev–Trinajstić information content (AvgIpc) is 3.58. The van der Waals surface area contributed by atoms with Crippen molar-refractivity contribution < 1.29 is 0 Å². The number of rotatable bonds is 2. The largest absolute Gasteiger partial charge is 0.154 e. The fraction of sp³-hybridized carbons (Fsp3) is 0.400. The molecule has 0 aromatic heterocycles. The van der Waals surface area contributed by atoms with Gasteiger partial charge in [-0.05, 0) is 59.5 Å². The van der Waals surface area contributed by atoms with Gasteiger partial charge in [0.15, 0.2) is 0 Å². The minimum atomic E-state index is 0.122. The molecule has 4 spiro atoms. The number of benzene rings is 2. The molecule has 7 fully saturated rings. The van der Waals surface area contributed by atoms with Gasteiger partial charge in [-0.25, -0.2) is 0 Å². The Labute approximate surface area is 187 Å². The molecule has 154 valence electrons. The molecule has 11 rings (SSSR count). The molecule has 1 heterocycles. The summed E-state index contributed by atoms with van der Waals surface area (Å²) in [5.74, 6) is 5.05. The Balaban J connectivity index is 1.39. The van der Waals surface area contributed by atoms with Gasteiger partial charge >= 0.3 is 0 Å². The van der Waals surface area contributed by atoms with Crippen LogP contribution in [0.2, 0.25) is 0 Å². The SMILES string of the molecule is C1=CC23C4CC5C6C4C4CC6C6(C(c7ccccc7)=NN=C(c7ccccc7)C426)C53C=C1. The lowest BCUT2D eigenvalue weighted by molar-refractivity contribution is -0.197. The summed E-state index contributed by atoms with van der Waals surface area (Å²) >= 11 is 0. The summed E-state index contributed by atoms with van der Waals surface area (Å²) in [5.41, 5.74) is 6.03. The van der Waals surface area contributed by atoms with Crippen molar-refractivity contribution in [2.75, 3.05) is 0 Å². The zero-order chi connectivity index (χ0) is 20.5. The van der Waals surface area contributed by atoms with Crippen LogP contribution in [-0.2, 0) is 0 Å². The van der Waals surface area contributed by atoms with E-state index in [4.69, 9.17) is 10.2 Å². The molecule has 2 heteroatoms. The minimum Gasteiger partial charge on any atom is -0.154 e. The zero-order valence-corrected chi connectivity index (χ0v) is 17.9. The quantitative estimate of drug-likeness (QED) is 0.620. The summed E-state index contributed by atoms with van der Waals surface area (Å²) < 4.78 is 0. The first-order valence-corrected chi connectivity index (χ1v) is 12.5. The van der Waals surface area contributed by atoms with Gasteiger partial charge in [0.25, 0.3) is 0 Å². The van der Waals surface area contributed by atoms with Crippen molar-refractivity contribution in [3.8, 4) is 0 Å². The molecule has 0 amide bonds. The number of hydrogen-bond donors (Lipinski definition) is 0. The van der Waals surface area contributed by atoms with E-state index >= 15 is 0 Å². The third kappa shape index (κ3) is 1.03. The summed E-state index contributed by atoms with van der Waals surface area (Å²) in [6, 6.07) is 22.2. The molecule has 8 aliphatic carbocycles. The Hall–Kier alpha value is -2.74. The molecule has 0 saturated heterocycles. The molecule has 10 unspecified atom stereocenters. The summed E-state index contributed by atoms with van der Waals surface area (Å²) in [6.07, 6.45) is 13.0. The maximum Gasteiger partial charge on any atom is 0.0786 e. The van der Waals surface area contributed by atoms with Gasteiger partial charge < -0.3 is 0 Å². The van der Waals surface area contributed by atoms with Crippen LogP contribution < -0.4 is 0 Å². The molecule has 1 aliphatic heterocycles. The van der Waals surface area contributed by atoms with Crippen LogP contribution in [0.5, 0.6) is 0 Å². The normalized spacial score (nSPS) is 54.6. The molecule has 10 atom stereocenters. The van der Waals surface area contributed by atoms with Gasteiger partial charge in [0.05, 0.1) is 11.4 Å². The lowest BCUT2D eigenvalue weighted by Crippen LogP contribution is -2.81. The van der Waals surface area contributed by atoms with Gasteiger partial charge in [-0.1, -0.05) is 85.0 Å². The van der Waals surface area contributed by atoms with Gasteiger partial charge in [-0.15, -0.1) is 0 Å². The van der Waals surface area contributed by atoms with E-state index in [1.807, 2.05) is 0 Å². The van der Waals surface area contributed by atoms with Crippen LogP contribution in [0, 0.1) is 57.2 Å². The van der Waals surface area contributed by atoms with Crippen LogP contribution in [0.3, 0.4) is 0 Å². The number of allylic oxidation sites excluding steroid dienone is 4. The smallest absolute Gasteiger partial charge is 0.0786 e. The van der Waals surface area contributed by atoms with Crippen LogP contribution in [0.4, 0.5) is 0 Å². The van der Waals surface area contributed by atoms with Gasteiger partial charge in [0.2, 0.25) is 0 Å². The molecule has 7 saturated carbocycles. The van der Waals surface area contributed by atoms with Crippen molar-refractivity contribution in [1.82, 2.24) is 0 Å². The molecule has 0 N–H and O–H groups in total. The van der Waals surface area contributed by atoms with E-state index in [9.17, 15) is 0 Å². The van der Waals surface area contributed by atoms with E-state index in [0.29, 0.717) is 0 Å². The molecular weight excluding hydrogens is 388 g/mol. The Kier molecular flexibility index (Phi) is 2.18. The second-order valence-electron chi connectivity index (χ2n) is 11.8. The lowest BCUT2D eigenvalue weighted by atomic mass is 9.23. The summed E-state index contributed by atoms with van der Waals surface area (Å²) in [6.45, 7) is 0. The van der Waals surface area contributed by atoms with Gasteiger partial charge in [0.1, 0.15) is 0 Å². The van der Waals surface area contributed by atoms with Crippen molar-refractivity contribution in [2.24, 2.45) is 67.4 Å². The van der Waals surface area contributed by atoms with E-state index in [0.717, 1.165) is 35.5 Å². The molecule has 9 aliphatic rings. The number of hydrogen-bond acceptors (Lipinski definition) is 2. The van der Waals surface area contributed by atoms with E-state index in [1.54, 1.807) is 0 Å². The summed E-state index contributed by atoms with van der Waals surface area (Å²) in [5, 5.41) is 10.4. The molecule has 4 bridgehead atoms. The van der Waals surface area contributed by atoms with Crippen molar-refractivity contribution in [3.63, 3.8) is 0 Å². The maximum absolute atomic E-state index is 5.20. The van der Waals surface area contributed by atoms with Crippen LogP contribution in [0.15, 0.2) is 95.2 Å². The van der Waals surface area contributed by atoms with Crippen LogP contribution in [-0.4, -0.2) is 11.4 Å². The van der Waals surface area contributed by atoms with Gasteiger partial charge in [-0.2, -0.15) is 10.2 Å². The zero-order valence-electron chi connectivity index (χ0n) is 17.9. The maximum atomic E-state index is 5.20. The highest BCUT2D eigenvalue weighted by atomic mass is 15.3. The van der Waals surface area contributed by atoms with Gasteiger partial charge in [0, 0.05) is 21.7 Å². The Morgan fingerprint density at radius 2 is 1.00 bits per heavy atom. The molecule has 32 heavy (non-hydrogen) atoms. The van der Waals surface area contributed by atoms with Crippen molar-refractivity contribution >= 4 is 11.4 Å². The average molecular weight is 413 g/mol. The summed E-state index contributed by atoms with van der Waals surface area (Å²) in [7, 11) is 0. The highest BCUT2D eigenvalue weighted by Crippen LogP contribution is 3.09. The summed E-state index contributed by atoms with van der Waals surface area (Å²) in [4.78, 5) is 0. The predicted octanol–water partition coefficient (Wildman–Crippen LogP) is 5.52. The van der Waals surface area contributed by atoms with E-state index < -0.39 is 0 Å². The van der Waals surface area contributed by atoms with Gasteiger partial charge in [-0.3, -0.25) is 0 Å². The van der Waals surface area contributed by atoms with Crippen LogP contribution >= 0.6 is 0 Å². The molecular formula is C30H24N2. The first-order chi connectivity index (χ1) is 15.9. The second-order valence-corrected chi connectivity index (χ2v) is 11.8. The van der Waals surface area contributed by atoms with E-state index in [1.165, 1.54) is 35.4 Å². The Morgan fingerprint density at radius 1 is 0.562 bits per heavy atom. The van der Waals surface area contributed by atoms with Crippen molar-refractivity contribution in [3.05, 3.63) is 96.1 Å².